The van der Waals surface area contributed by atoms with Crippen molar-refractivity contribution in [2.45, 2.75) is 10.9 Å². The van der Waals surface area contributed by atoms with Crippen molar-refractivity contribution in [3.63, 3.8) is 0 Å². The van der Waals surface area contributed by atoms with Crippen molar-refractivity contribution in [1.82, 2.24) is 5.48 Å². The molecule has 1 amide bonds. The zero-order valence-corrected chi connectivity index (χ0v) is 16.5. The molecule has 11 heteroatoms. The van der Waals surface area contributed by atoms with E-state index in [9.17, 15) is 21.6 Å². The number of sulfonamides is 1. The number of halogens is 1. The van der Waals surface area contributed by atoms with E-state index in [1.807, 2.05) is 0 Å². The van der Waals surface area contributed by atoms with Crippen LogP contribution in [0.25, 0.3) is 0 Å². The van der Waals surface area contributed by atoms with Gasteiger partial charge in [-0.05, 0) is 36.4 Å². The van der Waals surface area contributed by atoms with Crippen LogP contribution in [0.15, 0.2) is 56.1 Å². The maximum absolute atomic E-state index is 13.0. The van der Waals surface area contributed by atoms with Crippen molar-refractivity contribution < 1.29 is 30.7 Å². The number of benzene rings is 1. The van der Waals surface area contributed by atoms with Gasteiger partial charge in [0, 0.05) is 4.47 Å². The summed E-state index contributed by atoms with van der Waals surface area (Å²) >= 11 is 3.20. The van der Waals surface area contributed by atoms with Crippen LogP contribution >= 0.6 is 15.9 Å². The second kappa shape index (κ2) is 6.65. The first-order valence-corrected chi connectivity index (χ1v) is 10.6. The molecule has 0 unspecified atom stereocenters. The van der Waals surface area contributed by atoms with Gasteiger partial charge in [-0.15, -0.1) is 0 Å². The molecule has 25 heavy (non-hydrogen) atoms. The molecule has 0 aromatic heterocycles. The second-order valence-corrected chi connectivity index (χ2v) is 10.8. The molecule has 1 aliphatic heterocycles. The van der Waals surface area contributed by atoms with Crippen LogP contribution in [0.2, 0.25) is 0 Å². The van der Waals surface area contributed by atoms with Crippen LogP contribution in [0.5, 0.6) is 0 Å². The summed E-state index contributed by atoms with van der Waals surface area (Å²) < 4.78 is 50.4. The Labute approximate surface area is 154 Å². The van der Waals surface area contributed by atoms with E-state index in [1.165, 1.54) is 43.8 Å². The first-order valence-electron chi connectivity index (χ1n) is 6.87. The molecule has 1 atom stereocenters. The molecule has 0 bridgehead atoms. The lowest BCUT2D eigenvalue weighted by atomic mass is 10.2. The lowest BCUT2D eigenvalue weighted by molar-refractivity contribution is -0.772. The number of nitrogens with zero attached hydrogens (tertiary/aromatic N) is 1. The molecular weight excluding hydrogens is 436 g/mol. The average molecular weight is 452 g/mol. The number of carbonyl (C=O) groups is 1. The number of hydroxylamine groups is 1. The Morgan fingerprint density at radius 2 is 1.80 bits per heavy atom. The van der Waals surface area contributed by atoms with Gasteiger partial charge in [-0.25, -0.2) is 17.8 Å². The van der Waals surface area contributed by atoms with Crippen LogP contribution < -0.4 is 5.48 Å². The molecule has 1 aromatic rings. The van der Waals surface area contributed by atoms with E-state index in [-0.39, 0.29) is 4.90 Å². The van der Waals surface area contributed by atoms with Gasteiger partial charge >= 0.3 is 15.9 Å². The lowest BCUT2D eigenvalue weighted by Gasteiger charge is -2.33. The summed E-state index contributed by atoms with van der Waals surface area (Å²) in [6.45, 7) is 0. The predicted molar refractivity (Wildman–Crippen MR) is 93.3 cm³/mol. The Hall–Kier alpha value is -1.53. The molecule has 136 valence electrons. The highest BCUT2D eigenvalue weighted by Gasteiger charge is 2.51. The number of amides is 1. The van der Waals surface area contributed by atoms with Crippen LogP contribution in [-0.2, 0) is 24.7 Å². The number of likely N-dealkylation sites (N-methyl/N-ethyl adjacent to an activating group) is 1. The topological polar surface area (TPSA) is 118 Å². The van der Waals surface area contributed by atoms with Crippen molar-refractivity contribution in [2.75, 3.05) is 14.1 Å². The summed E-state index contributed by atoms with van der Waals surface area (Å²) in [5.74, 6) is -1.15. The summed E-state index contributed by atoms with van der Waals surface area (Å²) in [5.41, 5.74) is 1.36. The van der Waals surface area contributed by atoms with Crippen molar-refractivity contribution in [3.8, 4) is 0 Å². The highest BCUT2D eigenvalue weighted by Crippen LogP contribution is 2.32. The third-order valence-electron chi connectivity index (χ3n) is 3.85. The van der Waals surface area contributed by atoms with Crippen LogP contribution in [0.3, 0.4) is 0 Å². The largest absolute Gasteiger partial charge is 0.320 e. The first-order chi connectivity index (χ1) is 11.4. The Balaban J connectivity index is 2.73. The van der Waals surface area contributed by atoms with Gasteiger partial charge in [0.2, 0.25) is 15.9 Å². The van der Waals surface area contributed by atoms with Crippen LogP contribution in [0.1, 0.15) is 0 Å². The minimum atomic E-state index is -4.19. The van der Waals surface area contributed by atoms with Gasteiger partial charge in [0.25, 0.3) is 0 Å². The van der Waals surface area contributed by atoms with Gasteiger partial charge in [0.1, 0.15) is 4.91 Å². The molecule has 0 aliphatic carbocycles. The minimum Gasteiger partial charge on any atom is -0.288 e. The fraction of sp³-hybridized carbons (Fsp3) is 0.214. The fourth-order valence-electron chi connectivity index (χ4n) is 2.39. The standard InChI is InChI=1S/C14H15BrN2O6S2/c1-17(2)13(14(18)16-19)12(4-3-9-24(17,20)21)25(22,23)11-7-5-10(15)6-8-11/h3-9,13H,1-2H3,(H-,16,18,19)/p+1/t13-/m1/s1. The zero-order valence-electron chi connectivity index (χ0n) is 13.2. The quantitative estimate of drug-likeness (QED) is 0.400. The van der Waals surface area contributed by atoms with E-state index >= 15 is 0 Å². The van der Waals surface area contributed by atoms with Crippen molar-refractivity contribution in [1.29, 1.82) is 0 Å². The van der Waals surface area contributed by atoms with E-state index in [1.54, 1.807) is 0 Å². The summed E-state index contributed by atoms with van der Waals surface area (Å²) in [4.78, 5) is 11.6. The Morgan fingerprint density at radius 3 is 2.32 bits per heavy atom. The molecule has 1 aromatic carbocycles. The molecule has 1 heterocycles. The summed E-state index contributed by atoms with van der Waals surface area (Å²) in [6, 6.07) is 3.99. The van der Waals surface area contributed by atoms with E-state index in [2.05, 4.69) is 15.9 Å². The Kier molecular flexibility index (Phi) is 5.26. The van der Waals surface area contributed by atoms with Gasteiger partial charge in [-0.2, -0.15) is 8.42 Å². The third kappa shape index (κ3) is 3.42. The van der Waals surface area contributed by atoms with Gasteiger partial charge in [0.15, 0.2) is 0 Å². The maximum atomic E-state index is 13.0. The monoisotopic (exact) mass is 451 g/mol. The molecule has 0 fully saturated rings. The van der Waals surface area contributed by atoms with Crippen LogP contribution in [0, 0.1) is 0 Å². The summed E-state index contributed by atoms with van der Waals surface area (Å²) in [7, 11) is -5.86. The fourth-order valence-corrected chi connectivity index (χ4v) is 5.51. The molecular formula is C14H16BrN2O6S2+. The normalized spacial score (nSPS) is 21.9. The average Bonchev–Trinajstić information content (AvgIpc) is 2.62. The molecule has 2 N–H and O–H groups in total. The number of sulfone groups is 1. The zero-order chi connectivity index (χ0) is 19.0. The maximum Gasteiger partial charge on any atom is 0.320 e. The van der Waals surface area contributed by atoms with Crippen molar-refractivity contribution in [3.05, 3.63) is 51.2 Å². The van der Waals surface area contributed by atoms with Gasteiger partial charge in [-0.1, -0.05) is 15.9 Å². The molecule has 0 spiro atoms. The number of carbonyl (C=O) groups excluding carboxylic acids is 1. The van der Waals surface area contributed by atoms with Crippen LogP contribution in [0.4, 0.5) is 0 Å². The lowest BCUT2D eigenvalue weighted by Crippen LogP contribution is -2.59. The van der Waals surface area contributed by atoms with Gasteiger partial charge in [0.05, 0.1) is 24.4 Å². The van der Waals surface area contributed by atoms with Crippen molar-refractivity contribution >= 4 is 41.7 Å². The number of quaternary nitrogens is 1. The number of hydrogen-bond donors (Lipinski definition) is 2. The summed E-state index contributed by atoms with van der Waals surface area (Å²) in [5, 5.41) is 9.85. The van der Waals surface area contributed by atoms with E-state index in [0.29, 0.717) is 4.47 Å². The minimum absolute atomic E-state index is 0.106. The third-order valence-corrected chi connectivity index (χ3v) is 8.28. The predicted octanol–water partition coefficient (Wildman–Crippen LogP) is 0.914. The number of hydrogen-bond acceptors (Lipinski definition) is 6. The molecule has 0 saturated carbocycles. The Morgan fingerprint density at radius 1 is 1.24 bits per heavy atom. The van der Waals surface area contributed by atoms with Crippen molar-refractivity contribution in [2.24, 2.45) is 0 Å². The molecule has 8 nitrogen and oxygen atoms in total. The molecule has 1 aliphatic rings. The summed E-state index contributed by atoms with van der Waals surface area (Å²) in [6.07, 6.45) is 2.12. The van der Waals surface area contributed by atoms with E-state index in [0.717, 1.165) is 17.6 Å². The molecule has 0 saturated heterocycles. The number of allylic oxidation sites excluding steroid dienone is 2. The van der Waals surface area contributed by atoms with Gasteiger partial charge in [-0.3, -0.25) is 10.0 Å². The highest BCUT2D eigenvalue weighted by atomic mass is 79.9. The SMILES string of the molecule is C[N+]1(C)[C@@H](C(=O)NO)C(S(=O)(=O)c2ccc(Br)cc2)=CC=CS1(=O)=O. The van der Waals surface area contributed by atoms with Crippen LogP contribution in [-0.4, -0.2) is 52.0 Å². The molecule has 2 rings (SSSR count). The Bertz CT molecular complexity index is 963. The second-order valence-electron chi connectivity index (χ2n) is 5.68. The number of rotatable bonds is 3. The smallest absolute Gasteiger partial charge is 0.288 e. The van der Waals surface area contributed by atoms with E-state index < -0.39 is 40.6 Å². The first kappa shape index (κ1) is 19.8. The van der Waals surface area contributed by atoms with Gasteiger partial charge < -0.3 is 0 Å². The highest BCUT2D eigenvalue weighted by molar-refractivity contribution is 9.10. The number of nitrogens with one attached hydrogen (secondary N) is 1. The molecule has 0 radical (unpaired) electrons. The van der Waals surface area contributed by atoms with E-state index in [4.69, 9.17) is 5.21 Å².